The minimum absolute atomic E-state index is 0.733. The summed E-state index contributed by atoms with van der Waals surface area (Å²) in [6.45, 7) is 0. The van der Waals surface area contributed by atoms with Crippen LogP contribution in [0.2, 0.25) is 0 Å². The summed E-state index contributed by atoms with van der Waals surface area (Å²) in [4.78, 5) is 11.2. The smallest absolute Gasteiger partial charge is 0.160 e. The SMILES string of the molecule is c1ccc(-c2nc(-c3ccc(-n4c5ccccc5c5ccccc54)cc3)cc(-c3cc4ccccc4s3)n2)cc1. The number of thiophene rings is 1. The largest absolute Gasteiger partial charge is 0.309 e. The van der Waals surface area contributed by atoms with Crippen LogP contribution in [0, 0.1) is 0 Å². The van der Waals surface area contributed by atoms with Crippen molar-refractivity contribution in [2.45, 2.75) is 0 Å². The van der Waals surface area contributed by atoms with E-state index in [-0.39, 0.29) is 0 Å². The summed E-state index contributed by atoms with van der Waals surface area (Å²) in [5, 5.41) is 3.76. The lowest BCUT2D eigenvalue weighted by Crippen LogP contribution is -1.96. The first kappa shape index (κ1) is 22.9. The minimum Gasteiger partial charge on any atom is -0.309 e. The number of hydrogen-bond donors (Lipinski definition) is 0. The van der Waals surface area contributed by atoms with Gasteiger partial charge in [0.15, 0.2) is 5.82 Å². The number of hydrogen-bond acceptors (Lipinski definition) is 3. The molecule has 0 atom stereocenters. The lowest BCUT2D eigenvalue weighted by Gasteiger charge is -2.11. The monoisotopic (exact) mass is 529 g/mol. The van der Waals surface area contributed by atoms with Crippen molar-refractivity contribution in [1.29, 1.82) is 0 Å². The van der Waals surface area contributed by atoms with Gasteiger partial charge in [-0.25, -0.2) is 9.97 Å². The second kappa shape index (κ2) is 9.30. The molecule has 3 aromatic heterocycles. The molecule has 4 heteroatoms. The van der Waals surface area contributed by atoms with Crippen molar-refractivity contribution in [2.75, 3.05) is 0 Å². The van der Waals surface area contributed by atoms with E-state index in [0.29, 0.717) is 0 Å². The standard InChI is InChI=1S/C36H23N3S/c1-2-10-25(11-3-1)36-37-30(23-31(38-36)35-22-26-12-4-9-17-34(26)40-35)24-18-20-27(21-19-24)39-32-15-7-5-13-28(32)29-14-6-8-16-33(29)39/h1-23H. The summed E-state index contributed by atoms with van der Waals surface area (Å²) in [5.74, 6) is 0.733. The molecule has 0 radical (unpaired) electrons. The summed E-state index contributed by atoms with van der Waals surface area (Å²) in [5.41, 5.74) is 7.46. The molecule has 8 rings (SSSR count). The quantitative estimate of drug-likeness (QED) is 0.227. The molecular weight excluding hydrogens is 506 g/mol. The van der Waals surface area contributed by atoms with Crippen molar-refractivity contribution in [3.8, 4) is 38.9 Å². The highest BCUT2D eigenvalue weighted by Gasteiger charge is 2.14. The number of nitrogens with zero attached hydrogens (tertiary/aromatic N) is 3. The van der Waals surface area contributed by atoms with Gasteiger partial charge >= 0.3 is 0 Å². The molecule has 0 aliphatic heterocycles. The van der Waals surface area contributed by atoms with E-state index >= 15 is 0 Å². The summed E-state index contributed by atoms with van der Waals surface area (Å²) in [6, 6.07) is 49.0. The molecule has 3 nitrogen and oxygen atoms in total. The fourth-order valence-corrected chi connectivity index (χ4v) is 6.55. The third kappa shape index (κ3) is 3.81. The zero-order valence-corrected chi connectivity index (χ0v) is 22.3. The normalized spacial score (nSPS) is 11.5. The van der Waals surface area contributed by atoms with Gasteiger partial charge in [0.2, 0.25) is 0 Å². The lowest BCUT2D eigenvalue weighted by atomic mass is 10.1. The van der Waals surface area contributed by atoms with Crippen LogP contribution < -0.4 is 0 Å². The van der Waals surface area contributed by atoms with Gasteiger partial charge in [0.05, 0.1) is 27.3 Å². The first-order valence-electron chi connectivity index (χ1n) is 13.3. The third-order valence-corrected chi connectivity index (χ3v) is 8.58. The minimum atomic E-state index is 0.733. The topological polar surface area (TPSA) is 30.7 Å². The first-order chi connectivity index (χ1) is 19.8. The molecule has 3 heterocycles. The lowest BCUT2D eigenvalue weighted by molar-refractivity contribution is 1.17. The Balaban J connectivity index is 1.27. The van der Waals surface area contributed by atoms with E-state index < -0.39 is 0 Å². The average molecular weight is 530 g/mol. The van der Waals surface area contributed by atoms with Crippen molar-refractivity contribution >= 4 is 43.2 Å². The number of aromatic nitrogens is 3. The van der Waals surface area contributed by atoms with Crippen LogP contribution in [-0.4, -0.2) is 14.5 Å². The average Bonchev–Trinajstić information content (AvgIpc) is 3.61. The highest BCUT2D eigenvalue weighted by atomic mass is 32.1. The van der Waals surface area contributed by atoms with Crippen LogP contribution >= 0.6 is 11.3 Å². The maximum Gasteiger partial charge on any atom is 0.160 e. The molecule has 5 aromatic carbocycles. The predicted molar refractivity (Wildman–Crippen MR) is 168 cm³/mol. The van der Waals surface area contributed by atoms with E-state index in [2.05, 4.69) is 126 Å². The second-order valence-electron chi connectivity index (χ2n) is 9.89. The van der Waals surface area contributed by atoms with E-state index in [9.17, 15) is 0 Å². The third-order valence-electron chi connectivity index (χ3n) is 7.44. The molecule has 0 bridgehead atoms. The van der Waals surface area contributed by atoms with Crippen molar-refractivity contribution < 1.29 is 0 Å². The van der Waals surface area contributed by atoms with Gasteiger partial charge in [-0.15, -0.1) is 11.3 Å². The van der Waals surface area contributed by atoms with Gasteiger partial charge in [0.1, 0.15) is 0 Å². The molecule has 0 N–H and O–H groups in total. The molecule has 0 aliphatic rings. The Morgan fingerprint density at radius 3 is 1.85 bits per heavy atom. The molecule has 0 aliphatic carbocycles. The van der Waals surface area contributed by atoms with Crippen molar-refractivity contribution in [3.63, 3.8) is 0 Å². The number of para-hydroxylation sites is 2. The molecule has 0 saturated heterocycles. The summed E-state index contributed by atoms with van der Waals surface area (Å²) >= 11 is 1.77. The highest BCUT2D eigenvalue weighted by molar-refractivity contribution is 7.22. The Hall–Kier alpha value is -5.06. The predicted octanol–water partition coefficient (Wildman–Crippen LogP) is 9.79. The van der Waals surface area contributed by atoms with Crippen LogP contribution in [0.25, 0.3) is 70.8 Å². The molecule has 0 saturated carbocycles. The molecule has 0 fully saturated rings. The molecule has 0 spiro atoms. The van der Waals surface area contributed by atoms with Gasteiger partial charge in [0.25, 0.3) is 0 Å². The van der Waals surface area contributed by atoms with Crippen molar-refractivity contribution in [2.24, 2.45) is 0 Å². The van der Waals surface area contributed by atoms with Crippen molar-refractivity contribution in [1.82, 2.24) is 14.5 Å². The van der Waals surface area contributed by atoms with E-state index in [1.54, 1.807) is 11.3 Å². The summed E-state index contributed by atoms with van der Waals surface area (Å²) in [7, 11) is 0. The second-order valence-corrected chi connectivity index (χ2v) is 11.0. The van der Waals surface area contributed by atoms with Crippen LogP contribution in [0.4, 0.5) is 0 Å². The van der Waals surface area contributed by atoms with Crippen LogP contribution in [0.15, 0.2) is 140 Å². The van der Waals surface area contributed by atoms with Gasteiger partial charge in [0, 0.05) is 32.3 Å². The maximum atomic E-state index is 5.03. The Labute approximate surface area is 235 Å². The maximum absolute atomic E-state index is 5.03. The van der Waals surface area contributed by atoms with Gasteiger partial charge in [-0.05, 0) is 47.9 Å². The zero-order valence-electron chi connectivity index (χ0n) is 21.5. The summed E-state index contributed by atoms with van der Waals surface area (Å²) < 4.78 is 3.60. The van der Waals surface area contributed by atoms with Crippen LogP contribution in [0.5, 0.6) is 0 Å². The molecule has 0 amide bonds. The van der Waals surface area contributed by atoms with Gasteiger partial charge in [-0.1, -0.05) is 97.1 Å². The number of benzene rings is 5. The summed E-state index contributed by atoms with van der Waals surface area (Å²) in [6.07, 6.45) is 0. The molecule has 0 unspecified atom stereocenters. The Morgan fingerprint density at radius 2 is 1.12 bits per heavy atom. The Morgan fingerprint density at radius 1 is 0.500 bits per heavy atom. The van der Waals surface area contributed by atoms with Crippen molar-refractivity contribution in [3.05, 3.63) is 140 Å². The van der Waals surface area contributed by atoms with Gasteiger partial charge in [-0.2, -0.15) is 0 Å². The fourth-order valence-electron chi connectivity index (χ4n) is 5.53. The zero-order chi connectivity index (χ0) is 26.5. The van der Waals surface area contributed by atoms with Gasteiger partial charge < -0.3 is 4.57 Å². The highest BCUT2D eigenvalue weighted by Crippen LogP contribution is 2.36. The van der Waals surface area contributed by atoms with E-state index in [0.717, 1.165) is 38.9 Å². The van der Waals surface area contributed by atoms with Crippen LogP contribution in [0.3, 0.4) is 0 Å². The van der Waals surface area contributed by atoms with E-state index in [1.807, 2.05) is 18.2 Å². The van der Waals surface area contributed by atoms with E-state index in [4.69, 9.17) is 9.97 Å². The van der Waals surface area contributed by atoms with Crippen LogP contribution in [0.1, 0.15) is 0 Å². The van der Waals surface area contributed by atoms with Crippen LogP contribution in [-0.2, 0) is 0 Å². The molecular formula is C36H23N3S. The molecule has 188 valence electrons. The Bertz CT molecular complexity index is 2070. The number of rotatable bonds is 4. The van der Waals surface area contributed by atoms with Gasteiger partial charge in [-0.3, -0.25) is 0 Å². The Kier molecular flexibility index (Phi) is 5.32. The van der Waals surface area contributed by atoms with E-state index in [1.165, 1.54) is 31.9 Å². The number of fused-ring (bicyclic) bond motifs is 4. The fraction of sp³-hybridized carbons (Fsp3) is 0. The first-order valence-corrected chi connectivity index (χ1v) is 14.2. The molecule has 8 aromatic rings. The molecule has 40 heavy (non-hydrogen) atoms.